The molecule has 0 aliphatic heterocycles. The molecule has 0 heterocycles. The zero-order valence-electron chi connectivity index (χ0n) is 14.9. The topological polar surface area (TPSA) is 61.4 Å². The Kier molecular flexibility index (Phi) is 6.89. The molecule has 0 aliphatic carbocycles. The van der Waals surface area contributed by atoms with E-state index in [1.807, 2.05) is 19.1 Å². The van der Waals surface area contributed by atoms with Crippen molar-refractivity contribution < 1.29 is 9.59 Å². The second kappa shape index (κ2) is 8.92. The molecule has 7 heteroatoms. The van der Waals surface area contributed by atoms with E-state index >= 15 is 0 Å². The van der Waals surface area contributed by atoms with Gasteiger partial charge in [0.15, 0.2) is 0 Å². The Labute approximate surface area is 163 Å². The number of halogens is 2. The zero-order chi connectivity index (χ0) is 19.3. The Morgan fingerprint density at radius 2 is 1.58 bits per heavy atom. The molecule has 0 bridgehead atoms. The van der Waals surface area contributed by atoms with Crippen LogP contribution in [-0.4, -0.2) is 24.9 Å². The number of rotatable bonds is 5. The van der Waals surface area contributed by atoms with Crippen molar-refractivity contribution in [2.24, 2.45) is 0 Å². The largest absolute Gasteiger partial charge is 0.372 e. The van der Waals surface area contributed by atoms with Crippen LogP contribution in [-0.2, 0) is 9.59 Å². The molecular formula is C19H21Cl2N3O2. The molecule has 2 N–H and O–H groups in total. The van der Waals surface area contributed by atoms with Gasteiger partial charge in [0.05, 0.1) is 10.0 Å². The molecule has 0 fully saturated rings. The molecule has 0 radical (unpaired) electrons. The van der Waals surface area contributed by atoms with Gasteiger partial charge in [-0.1, -0.05) is 23.2 Å². The molecular weight excluding hydrogens is 373 g/mol. The summed E-state index contributed by atoms with van der Waals surface area (Å²) in [7, 11) is 0. The van der Waals surface area contributed by atoms with E-state index in [1.54, 1.807) is 18.2 Å². The smallest absolute Gasteiger partial charge is 0.314 e. The van der Waals surface area contributed by atoms with Crippen LogP contribution in [0.4, 0.5) is 17.1 Å². The second-order valence-electron chi connectivity index (χ2n) is 5.71. The maximum atomic E-state index is 12.2. The molecule has 2 amide bonds. The predicted octanol–water partition coefficient (Wildman–Crippen LogP) is 4.73. The molecule has 26 heavy (non-hydrogen) atoms. The number of hydrogen-bond donors (Lipinski definition) is 2. The van der Waals surface area contributed by atoms with Crippen LogP contribution in [0.3, 0.4) is 0 Å². The van der Waals surface area contributed by atoms with Gasteiger partial charge in [-0.25, -0.2) is 0 Å². The number of benzene rings is 2. The zero-order valence-corrected chi connectivity index (χ0v) is 16.4. The van der Waals surface area contributed by atoms with Gasteiger partial charge in [-0.2, -0.15) is 0 Å². The summed E-state index contributed by atoms with van der Waals surface area (Å²) in [6.45, 7) is 7.85. The summed E-state index contributed by atoms with van der Waals surface area (Å²) in [5.74, 6) is -1.54. The number of carbonyl (C=O) groups is 2. The summed E-state index contributed by atoms with van der Waals surface area (Å²) in [5, 5.41) is 5.80. The highest BCUT2D eigenvalue weighted by molar-refractivity contribution is 6.44. The van der Waals surface area contributed by atoms with Gasteiger partial charge >= 0.3 is 11.8 Å². The van der Waals surface area contributed by atoms with Crippen molar-refractivity contribution in [1.82, 2.24) is 0 Å². The van der Waals surface area contributed by atoms with Gasteiger partial charge in [-0.05, 0) is 62.7 Å². The van der Waals surface area contributed by atoms with Crippen LogP contribution in [0.25, 0.3) is 0 Å². The normalized spacial score (nSPS) is 10.3. The molecule has 5 nitrogen and oxygen atoms in total. The molecule has 138 valence electrons. The summed E-state index contributed by atoms with van der Waals surface area (Å²) in [6.07, 6.45) is 0. The first-order valence-corrected chi connectivity index (χ1v) is 9.04. The van der Waals surface area contributed by atoms with Crippen molar-refractivity contribution in [1.29, 1.82) is 0 Å². The van der Waals surface area contributed by atoms with E-state index in [0.29, 0.717) is 21.4 Å². The molecule has 0 unspecified atom stereocenters. The van der Waals surface area contributed by atoms with E-state index in [9.17, 15) is 9.59 Å². The lowest BCUT2D eigenvalue weighted by molar-refractivity contribution is -0.133. The van der Waals surface area contributed by atoms with Crippen LogP contribution in [0.5, 0.6) is 0 Å². The van der Waals surface area contributed by atoms with Crippen molar-refractivity contribution in [3.63, 3.8) is 0 Å². The molecule has 0 atom stereocenters. The molecule has 0 aliphatic rings. The maximum Gasteiger partial charge on any atom is 0.314 e. The van der Waals surface area contributed by atoms with Crippen molar-refractivity contribution in [3.8, 4) is 0 Å². The van der Waals surface area contributed by atoms with Gasteiger partial charge in [0.25, 0.3) is 0 Å². The molecule has 0 saturated carbocycles. The number of hydrogen-bond acceptors (Lipinski definition) is 3. The van der Waals surface area contributed by atoms with Gasteiger partial charge in [0, 0.05) is 30.2 Å². The average Bonchev–Trinajstić information content (AvgIpc) is 2.61. The first-order valence-electron chi connectivity index (χ1n) is 8.28. The lowest BCUT2D eigenvalue weighted by Crippen LogP contribution is -2.29. The monoisotopic (exact) mass is 393 g/mol. The molecule has 2 aromatic carbocycles. The number of anilines is 3. The van der Waals surface area contributed by atoms with E-state index < -0.39 is 11.8 Å². The number of nitrogens with one attached hydrogen (secondary N) is 2. The van der Waals surface area contributed by atoms with E-state index in [4.69, 9.17) is 23.2 Å². The van der Waals surface area contributed by atoms with Crippen molar-refractivity contribution in [2.45, 2.75) is 20.8 Å². The van der Waals surface area contributed by atoms with Crippen LogP contribution in [0, 0.1) is 6.92 Å². The maximum absolute atomic E-state index is 12.2. The van der Waals surface area contributed by atoms with Crippen LogP contribution in [0.1, 0.15) is 19.4 Å². The first-order chi connectivity index (χ1) is 12.3. The summed E-state index contributed by atoms with van der Waals surface area (Å²) in [6, 6.07) is 10.3. The third-order valence-corrected chi connectivity index (χ3v) is 4.71. The highest BCUT2D eigenvalue weighted by atomic mass is 35.5. The van der Waals surface area contributed by atoms with Crippen LogP contribution < -0.4 is 15.5 Å². The Bertz CT molecular complexity index is 820. The second-order valence-corrected chi connectivity index (χ2v) is 6.52. The van der Waals surface area contributed by atoms with Crippen molar-refractivity contribution in [3.05, 3.63) is 52.0 Å². The minimum Gasteiger partial charge on any atom is -0.372 e. The standard InChI is InChI=1S/C19H21Cl2N3O2/c1-4-24(5-2)14-7-9-17(12(3)10-14)23-19(26)18(25)22-13-6-8-15(20)16(21)11-13/h6-11H,4-5H2,1-3H3,(H,22,25)(H,23,26). The van der Waals surface area contributed by atoms with Gasteiger partial charge in [0.1, 0.15) is 0 Å². The Balaban J connectivity index is 2.06. The summed E-state index contributed by atoms with van der Waals surface area (Å²) >= 11 is 11.7. The SMILES string of the molecule is CCN(CC)c1ccc(NC(=O)C(=O)Nc2ccc(Cl)c(Cl)c2)c(C)c1. The van der Waals surface area contributed by atoms with Gasteiger partial charge in [0.2, 0.25) is 0 Å². The van der Waals surface area contributed by atoms with Crippen molar-refractivity contribution >= 4 is 52.1 Å². The molecule has 0 saturated heterocycles. The summed E-state index contributed by atoms with van der Waals surface area (Å²) < 4.78 is 0. The predicted molar refractivity (Wildman–Crippen MR) is 108 cm³/mol. The minimum atomic E-state index is -0.782. The average molecular weight is 394 g/mol. The number of aryl methyl sites for hydroxylation is 1. The van der Waals surface area contributed by atoms with E-state index in [1.165, 1.54) is 6.07 Å². The highest BCUT2D eigenvalue weighted by Gasteiger charge is 2.16. The molecule has 2 aromatic rings. The third-order valence-electron chi connectivity index (χ3n) is 3.97. The number of carbonyl (C=O) groups excluding carboxylic acids is 2. The molecule has 0 aromatic heterocycles. The number of nitrogens with zero attached hydrogens (tertiary/aromatic N) is 1. The van der Waals surface area contributed by atoms with E-state index in [2.05, 4.69) is 29.4 Å². The fourth-order valence-electron chi connectivity index (χ4n) is 2.51. The quantitative estimate of drug-likeness (QED) is 0.721. The van der Waals surface area contributed by atoms with Crippen LogP contribution >= 0.6 is 23.2 Å². The third kappa shape index (κ3) is 4.90. The van der Waals surface area contributed by atoms with Crippen LogP contribution in [0.2, 0.25) is 10.0 Å². The van der Waals surface area contributed by atoms with Gasteiger partial charge in [-0.15, -0.1) is 0 Å². The van der Waals surface area contributed by atoms with Gasteiger partial charge < -0.3 is 15.5 Å². The Hall–Kier alpha value is -2.24. The lowest BCUT2D eigenvalue weighted by Gasteiger charge is -2.22. The Morgan fingerprint density at radius 3 is 2.15 bits per heavy atom. The summed E-state index contributed by atoms with van der Waals surface area (Å²) in [5.41, 5.74) is 2.94. The molecule has 2 rings (SSSR count). The van der Waals surface area contributed by atoms with Gasteiger partial charge in [-0.3, -0.25) is 9.59 Å². The van der Waals surface area contributed by atoms with Crippen molar-refractivity contribution in [2.75, 3.05) is 28.6 Å². The van der Waals surface area contributed by atoms with Crippen LogP contribution in [0.15, 0.2) is 36.4 Å². The van der Waals surface area contributed by atoms with E-state index in [-0.39, 0.29) is 0 Å². The molecule has 0 spiro atoms. The fourth-order valence-corrected chi connectivity index (χ4v) is 2.81. The number of amides is 2. The lowest BCUT2D eigenvalue weighted by atomic mass is 10.1. The van der Waals surface area contributed by atoms with E-state index in [0.717, 1.165) is 24.3 Å². The first kappa shape index (κ1) is 20.1. The minimum absolute atomic E-state index is 0.299. The summed E-state index contributed by atoms with van der Waals surface area (Å²) in [4.78, 5) is 26.4. The fraction of sp³-hybridized carbons (Fsp3) is 0.263. The Morgan fingerprint density at radius 1 is 0.923 bits per heavy atom. The highest BCUT2D eigenvalue weighted by Crippen LogP contribution is 2.25.